The minimum absolute atomic E-state index is 0.642. The largest absolute Gasteiger partial charge is 0.356 e. The van der Waals surface area contributed by atoms with E-state index in [1.165, 1.54) is 42.6 Å². The van der Waals surface area contributed by atoms with Gasteiger partial charge in [-0.05, 0) is 51.3 Å². The number of anilines is 1. The normalized spacial score (nSPS) is 22.9. The summed E-state index contributed by atoms with van der Waals surface area (Å²) in [4.78, 5) is 7.27. The molecule has 3 nitrogen and oxygen atoms in total. The standard InChI is InChI=1S/C17H29N3/c1-12-7-6-8-15(9-12)20(5)17-16(11-18-4)13(2)10-14(3)19-17/h10,12,15,18H,6-9,11H2,1-5H3. The molecule has 1 aliphatic carbocycles. The van der Waals surface area contributed by atoms with E-state index in [4.69, 9.17) is 4.98 Å². The lowest BCUT2D eigenvalue weighted by Crippen LogP contribution is -2.37. The van der Waals surface area contributed by atoms with Crippen LogP contribution in [0.15, 0.2) is 6.07 Å². The quantitative estimate of drug-likeness (QED) is 0.912. The lowest BCUT2D eigenvalue weighted by Gasteiger charge is -2.36. The van der Waals surface area contributed by atoms with Gasteiger partial charge < -0.3 is 10.2 Å². The van der Waals surface area contributed by atoms with Gasteiger partial charge in [0.1, 0.15) is 5.82 Å². The Morgan fingerprint density at radius 1 is 1.35 bits per heavy atom. The van der Waals surface area contributed by atoms with Crippen molar-refractivity contribution in [2.45, 2.75) is 59.0 Å². The van der Waals surface area contributed by atoms with Crippen LogP contribution in [0.5, 0.6) is 0 Å². The summed E-state index contributed by atoms with van der Waals surface area (Å²) in [6.07, 6.45) is 5.33. The molecule has 1 aromatic heterocycles. The van der Waals surface area contributed by atoms with Crippen LogP contribution in [0.3, 0.4) is 0 Å². The first-order valence-electron chi connectivity index (χ1n) is 7.87. The van der Waals surface area contributed by atoms with Gasteiger partial charge in [0.05, 0.1) is 0 Å². The van der Waals surface area contributed by atoms with Crippen molar-refractivity contribution in [1.82, 2.24) is 10.3 Å². The molecule has 0 amide bonds. The molecule has 1 heterocycles. The first-order chi connectivity index (χ1) is 9.52. The molecule has 1 N–H and O–H groups in total. The fraction of sp³-hybridized carbons (Fsp3) is 0.706. The predicted molar refractivity (Wildman–Crippen MR) is 86.3 cm³/mol. The van der Waals surface area contributed by atoms with E-state index in [9.17, 15) is 0 Å². The molecule has 0 aliphatic heterocycles. The van der Waals surface area contributed by atoms with Gasteiger partial charge in [0.25, 0.3) is 0 Å². The van der Waals surface area contributed by atoms with Crippen LogP contribution >= 0.6 is 0 Å². The van der Waals surface area contributed by atoms with Crippen LogP contribution < -0.4 is 10.2 Å². The van der Waals surface area contributed by atoms with Gasteiger partial charge in [-0.3, -0.25) is 0 Å². The summed E-state index contributed by atoms with van der Waals surface area (Å²) in [5.74, 6) is 2.02. The smallest absolute Gasteiger partial charge is 0.133 e. The van der Waals surface area contributed by atoms with Crippen LogP contribution in [0.25, 0.3) is 0 Å². The Morgan fingerprint density at radius 2 is 2.10 bits per heavy atom. The third-order valence-electron chi connectivity index (χ3n) is 4.60. The number of rotatable bonds is 4. The molecule has 0 bridgehead atoms. The molecule has 1 fully saturated rings. The van der Waals surface area contributed by atoms with Crippen molar-refractivity contribution in [2.75, 3.05) is 19.0 Å². The van der Waals surface area contributed by atoms with Gasteiger partial charge in [0.15, 0.2) is 0 Å². The monoisotopic (exact) mass is 275 g/mol. The molecule has 0 radical (unpaired) electrons. The molecule has 0 saturated heterocycles. The fourth-order valence-corrected chi connectivity index (χ4v) is 3.46. The van der Waals surface area contributed by atoms with Crippen LogP contribution in [0.2, 0.25) is 0 Å². The highest BCUT2D eigenvalue weighted by Gasteiger charge is 2.25. The second kappa shape index (κ2) is 6.57. The van der Waals surface area contributed by atoms with Gasteiger partial charge in [-0.15, -0.1) is 0 Å². The summed E-state index contributed by atoms with van der Waals surface area (Å²) in [7, 11) is 4.23. The van der Waals surface area contributed by atoms with Crippen molar-refractivity contribution in [3.05, 3.63) is 22.9 Å². The maximum Gasteiger partial charge on any atom is 0.133 e. The number of aromatic nitrogens is 1. The van der Waals surface area contributed by atoms with E-state index in [1.54, 1.807) is 0 Å². The Bertz CT molecular complexity index is 456. The molecule has 1 aromatic rings. The van der Waals surface area contributed by atoms with E-state index in [-0.39, 0.29) is 0 Å². The maximum absolute atomic E-state index is 4.84. The molecule has 0 aromatic carbocycles. The van der Waals surface area contributed by atoms with Gasteiger partial charge in [-0.2, -0.15) is 0 Å². The highest BCUT2D eigenvalue weighted by molar-refractivity contribution is 5.52. The molecule has 1 saturated carbocycles. The zero-order valence-corrected chi connectivity index (χ0v) is 13.7. The van der Waals surface area contributed by atoms with Crippen molar-refractivity contribution in [2.24, 2.45) is 5.92 Å². The lowest BCUT2D eigenvalue weighted by atomic mass is 9.86. The number of pyridine rings is 1. The van der Waals surface area contributed by atoms with Crippen molar-refractivity contribution in [3.8, 4) is 0 Å². The van der Waals surface area contributed by atoms with E-state index in [0.717, 1.165) is 18.2 Å². The number of aryl methyl sites for hydroxylation is 2. The van der Waals surface area contributed by atoms with E-state index in [1.807, 2.05) is 7.05 Å². The summed E-state index contributed by atoms with van der Waals surface area (Å²) in [6.45, 7) is 7.56. The Balaban J connectivity index is 2.29. The summed E-state index contributed by atoms with van der Waals surface area (Å²) in [5.41, 5.74) is 3.81. The molecular weight excluding hydrogens is 246 g/mol. The summed E-state index contributed by atoms with van der Waals surface area (Å²) < 4.78 is 0. The van der Waals surface area contributed by atoms with Crippen LogP contribution in [0, 0.1) is 19.8 Å². The lowest BCUT2D eigenvalue weighted by molar-refractivity contribution is 0.335. The maximum atomic E-state index is 4.84. The molecule has 2 rings (SSSR count). The molecule has 1 aliphatic rings. The highest BCUT2D eigenvalue weighted by Crippen LogP contribution is 2.31. The third kappa shape index (κ3) is 3.32. The number of hydrogen-bond acceptors (Lipinski definition) is 3. The fourth-order valence-electron chi connectivity index (χ4n) is 3.46. The Hall–Kier alpha value is -1.09. The Kier molecular flexibility index (Phi) is 5.03. The van der Waals surface area contributed by atoms with Crippen molar-refractivity contribution < 1.29 is 0 Å². The average molecular weight is 275 g/mol. The molecule has 2 unspecified atom stereocenters. The minimum Gasteiger partial charge on any atom is -0.356 e. The molecule has 2 atom stereocenters. The second-order valence-corrected chi connectivity index (χ2v) is 6.45. The van der Waals surface area contributed by atoms with E-state index in [2.05, 4.69) is 44.1 Å². The first kappa shape index (κ1) is 15.3. The number of nitrogens with one attached hydrogen (secondary N) is 1. The van der Waals surface area contributed by atoms with Crippen LogP contribution in [-0.4, -0.2) is 25.1 Å². The SMILES string of the molecule is CNCc1c(C)cc(C)nc1N(C)C1CCCC(C)C1. The second-order valence-electron chi connectivity index (χ2n) is 6.45. The zero-order valence-electron chi connectivity index (χ0n) is 13.7. The van der Waals surface area contributed by atoms with Crippen LogP contribution in [0.4, 0.5) is 5.82 Å². The number of hydrogen-bond donors (Lipinski definition) is 1. The number of nitrogens with zero attached hydrogens (tertiary/aromatic N) is 2. The van der Waals surface area contributed by atoms with Crippen LogP contribution in [0.1, 0.15) is 49.4 Å². The van der Waals surface area contributed by atoms with Gasteiger partial charge >= 0.3 is 0 Å². The summed E-state index contributed by atoms with van der Waals surface area (Å²) in [5, 5.41) is 3.28. The van der Waals surface area contributed by atoms with Gasteiger partial charge in [-0.25, -0.2) is 4.98 Å². The molecule has 3 heteroatoms. The molecule has 0 spiro atoms. The Morgan fingerprint density at radius 3 is 2.75 bits per heavy atom. The van der Waals surface area contributed by atoms with Gasteiger partial charge in [-0.1, -0.05) is 19.8 Å². The Labute approximate surface area is 123 Å². The summed E-state index contributed by atoms with van der Waals surface area (Å²) in [6, 6.07) is 2.83. The van der Waals surface area contributed by atoms with Crippen LogP contribution in [-0.2, 0) is 6.54 Å². The van der Waals surface area contributed by atoms with Gasteiger partial charge in [0, 0.05) is 30.9 Å². The van der Waals surface area contributed by atoms with Crippen molar-refractivity contribution >= 4 is 5.82 Å². The highest BCUT2D eigenvalue weighted by atomic mass is 15.2. The summed E-state index contributed by atoms with van der Waals surface area (Å²) >= 11 is 0. The average Bonchev–Trinajstić information content (AvgIpc) is 2.41. The zero-order chi connectivity index (χ0) is 14.7. The first-order valence-corrected chi connectivity index (χ1v) is 7.87. The minimum atomic E-state index is 0.642. The topological polar surface area (TPSA) is 28.2 Å². The van der Waals surface area contributed by atoms with Gasteiger partial charge in [0.2, 0.25) is 0 Å². The predicted octanol–water partition coefficient (Wildman–Crippen LogP) is 3.43. The van der Waals surface area contributed by atoms with E-state index >= 15 is 0 Å². The van der Waals surface area contributed by atoms with E-state index in [0.29, 0.717) is 6.04 Å². The molecular formula is C17H29N3. The van der Waals surface area contributed by atoms with Crippen molar-refractivity contribution in [1.29, 1.82) is 0 Å². The molecule has 20 heavy (non-hydrogen) atoms. The molecule has 112 valence electrons. The van der Waals surface area contributed by atoms with Crippen molar-refractivity contribution in [3.63, 3.8) is 0 Å². The third-order valence-corrected chi connectivity index (χ3v) is 4.60. The van der Waals surface area contributed by atoms with E-state index < -0.39 is 0 Å².